The van der Waals surface area contributed by atoms with Crippen LogP contribution in [0.4, 0.5) is 0 Å². The summed E-state index contributed by atoms with van der Waals surface area (Å²) in [5.41, 5.74) is 4.58. The largest absolute Gasteiger partial charge is 0.388 e. The van der Waals surface area contributed by atoms with Crippen LogP contribution in [-0.2, 0) is 0 Å². The second kappa shape index (κ2) is 9.18. The molecule has 0 amide bonds. The molecule has 0 aliphatic heterocycles. The fourth-order valence-electron chi connectivity index (χ4n) is 7.20. The summed E-state index contributed by atoms with van der Waals surface area (Å²) >= 11 is 0. The van der Waals surface area contributed by atoms with Gasteiger partial charge in [-0.2, -0.15) is 0 Å². The maximum atomic E-state index is 10.2. The Morgan fingerprint density at radius 1 is 1.00 bits per heavy atom. The lowest BCUT2D eigenvalue weighted by Crippen LogP contribution is -2.40. The van der Waals surface area contributed by atoms with E-state index in [1.54, 1.807) is 5.57 Å². The Bertz CT molecular complexity index is 704. The van der Waals surface area contributed by atoms with E-state index in [1.165, 1.54) is 51.4 Å². The molecule has 0 aromatic carbocycles. The molecule has 0 aromatic rings. The Kier molecular flexibility index (Phi) is 7.34. The first kappa shape index (κ1) is 24.8. The van der Waals surface area contributed by atoms with Crippen LogP contribution in [-0.4, -0.2) is 22.4 Å². The third kappa shape index (κ3) is 5.56. The summed E-state index contributed by atoms with van der Waals surface area (Å²) in [5.74, 6) is 1.49. The van der Waals surface area contributed by atoms with E-state index in [2.05, 4.69) is 60.3 Å². The lowest BCUT2D eigenvalue weighted by molar-refractivity contribution is 0.0376. The monoisotopic (exact) mass is 428 g/mol. The van der Waals surface area contributed by atoms with Gasteiger partial charge in [-0.1, -0.05) is 77.8 Å². The maximum absolute atomic E-state index is 10.2. The number of aliphatic hydroxyl groups is 2. The average Bonchev–Trinajstić information content (AvgIpc) is 3.01. The molecule has 0 spiro atoms. The molecule has 0 radical (unpaired) electrons. The minimum Gasteiger partial charge on any atom is -0.388 e. The third-order valence-electron chi connectivity index (χ3n) is 8.96. The molecule has 3 fully saturated rings. The third-order valence-corrected chi connectivity index (χ3v) is 8.96. The standard InChI is InChI=1S/C29H48O2/c1-20-24(30)18-21(19-25(20)31)11-12-22-10-8-17-29(7)23(22)13-14-26(29)28(5,6)16-9-15-27(2,3)4/h11-12,23-26,30-31H,1,8-10,13-19H2,2-7H3/b22-12+/t23-,24+,25+,26+,29-/m0/s1. The molecule has 3 aliphatic carbocycles. The zero-order valence-electron chi connectivity index (χ0n) is 21.1. The van der Waals surface area contributed by atoms with E-state index in [4.69, 9.17) is 0 Å². The van der Waals surface area contributed by atoms with Gasteiger partial charge in [0.05, 0.1) is 12.2 Å². The second-order valence-electron chi connectivity index (χ2n) is 13.0. The van der Waals surface area contributed by atoms with Crippen LogP contribution < -0.4 is 0 Å². The molecule has 5 atom stereocenters. The molecule has 2 nitrogen and oxygen atoms in total. The van der Waals surface area contributed by atoms with E-state index in [1.807, 2.05) is 0 Å². The molecule has 0 bridgehead atoms. The van der Waals surface area contributed by atoms with Gasteiger partial charge in [-0.25, -0.2) is 0 Å². The lowest BCUT2D eigenvalue weighted by Gasteiger charge is -2.48. The van der Waals surface area contributed by atoms with Gasteiger partial charge >= 0.3 is 0 Å². The minimum absolute atomic E-state index is 0.396. The molecule has 31 heavy (non-hydrogen) atoms. The highest BCUT2D eigenvalue weighted by molar-refractivity contribution is 5.29. The van der Waals surface area contributed by atoms with Gasteiger partial charge in [0.15, 0.2) is 0 Å². The maximum Gasteiger partial charge on any atom is 0.0809 e. The highest BCUT2D eigenvalue weighted by Gasteiger charge is 2.53. The van der Waals surface area contributed by atoms with Gasteiger partial charge in [0.2, 0.25) is 0 Å². The molecule has 2 N–H and O–H groups in total. The fraction of sp³-hybridized carbons (Fsp3) is 0.793. The second-order valence-corrected chi connectivity index (χ2v) is 13.0. The van der Waals surface area contributed by atoms with Gasteiger partial charge in [-0.05, 0) is 91.4 Å². The summed E-state index contributed by atoms with van der Waals surface area (Å²) in [5, 5.41) is 20.3. The fourth-order valence-corrected chi connectivity index (χ4v) is 7.20. The number of hydrogen-bond acceptors (Lipinski definition) is 2. The number of allylic oxidation sites excluding steroid dienone is 3. The number of fused-ring (bicyclic) bond motifs is 1. The number of hydrogen-bond donors (Lipinski definition) is 2. The van der Waals surface area contributed by atoms with Crippen LogP contribution in [0.5, 0.6) is 0 Å². The van der Waals surface area contributed by atoms with Gasteiger partial charge in [-0.15, -0.1) is 0 Å². The zero-order chi connectivity index (χ0) is 23.0. The molecule has 176 valence electrons. The van der Waals surface area contributed by atoms with E-state index in [0.29, 0.717) is 40.6 Å². The zero-order valence-corrected chi connectivity index (χ0v) is 21.1. The Labute approximate surface area is 191 Å². The molecule has 2 heteroatoms. The highest BCUT2D eigenvalue weighted by atomic mass is 16.3. The van der Waals surface area contributed by atoms with Crippen molar-refractivity contribution in [1.82, 2.24) is 0 Å². The smallest absolute Gasteiger partial charge is 0.0809 e. The molecule has 0 heterocycles. The Balaban J connectivity index is 1.72. The van der Waals surface area contributed by atoms with Gasteiger partial charge < -0.3 is 10.2 Å². The SMILES string of the molecule is C=C1[C@H](O)CC(=C/C=C2\CCC[C@]3(C)[C@@H](C(C)(C)CCCC(C)(C)C)CC[C@@H]23)C[C@H]1O. The predicted octanol–water partition coefficient (Wildman–Crippen LogP) is 7.37. The summed E-state index contributed by atoms with van der Waals surface area (Å²) in [6, 6.07) is 0. The molecular weight excluding hydrogens is 380 g/mol. The normalized spacial score (nSPS) is 36.1. The van der Waals surface area contributed by atoms with Crippen molar-refractivity contribution >= 4 is 0 Å². The summed E-state index contributed by atoms with van der Waals surface area (Å²) in [6.45, 7) is 18.6. The first-order valence-corrected chi connectivity index (χ1v) is 12.8. The van der Waals surface area contributed by atoms with Crippen molar-refractivity contribution in [2.75, 3.05) is 0 Å². The Morgan fingerprint density at radius 2 is 1.65 bits per heavy atom. The van der Waals surface area contributed by atoms with Crippen molar-refractivity contribution in [3.63, 3.8) is 0 Å². The van der Waals surface area contributed by atoms with E-state index in [9.17, 15) is 10.2 Å². The molecule has 0 unspecified atom stereocenters. The predicted molar refractivity (Wildman–Crippen MR) is 132 cm³/mol. The Hall–Kier alpha value is -0.860. The van der Waals surface area contributed by atoms with Crippen LogP contribution in [0.2, 0.25) is 0 Å². The topological polar surface area (TPSA) is 40.5 Å². The number of rotatable bonds is 5. The summed E-state index contributed by atoms with van der Waals surface area (Å²) in [4.78, 5) is 0. The summed E-state index contributed by atoms with van der Waals surface area (Å²) in [7, 11) is 0. The molecule has 0 saturated heterocycles. The van der Waals surface area contributed by atoms with Crippen LogP contribution in [0, 0.1) is 28.1 Å². The van der Waals surface area contributed by atoms with E-state index < -0.39 is 12.2 Å². The van der Waals surface area contributed by atoms with E-state index >= 15 is 0 Å². The first-order chi connectivity index (χ1) is 14.3. The first-order valence-electron chi connectivity index (χ1n) is 12.8. The molecular formula is C29H48O2. The van der Waals surface area contributed by atoms with Gasteiger partial charge in [0.1, 0.15) is 0 Å². The van der Waals surface area contributed by atoms with Crippen LogP contribution in [0.3, 0.4) is 0 Å². The van der Waals surface area contributed by atoms with Crippen molar-refractivity contribution in [3.05, 3.63) is 35.5 Å². The molecule has 0 aromatic heterocycles. The van der Waals surface area contributed by atoms with Crippen molar-refractivity contribution in [2.45, 2.75) is 118 Å². The summed E-state index contributed by atoms with van der Waals surface area (Å²) < 4.78 is 0. The highest BCUT2D eigenvalue weighted by Crippen LogP contribution is 2.62. The van der Waals surface area contributed by atoms with Crippen LogP contribution in [0.25, 0.3) is 0 Å². The summed E-state index contributed by atoms with van der Waals surface area (Å²) in [6.07, 6.45) is 15.1. The van der Waals surface area contributed by atoms with Crippen LogP contribution in [0.1, 0.15) is 106 Å². The van der Waals surface area contributed by atoms with Crippen molar-refractivity contribution in [3.8, 4) is 0 Å². The molecule has 3 aliphatic rings. The quantitative estimate of drug-likeness (QED) is 0.449. The minimum atomic E-state index is -0.602. The molecule has 3 saturated carbocycles. The Morgan fingerprint density at radius 3 is 2.26 bits per heavy atom. The van der Waals surface area contributed by atoms with E-state index in [0.717, 1.165) is 11.5 Å². The van der Waals surface area contributed by atoms with Crippen molar-refractivity contribution in [1.29, 1.82) is 0 Å². The van der Waals surface area contributed by atoms with Crippen molar-refractivity contribution < 1.29 is 10.2 Å². The lowest BCUT2D eigenvalue weighted by atomic mass is 9.56. The van der Waals surface area contributed by atoms with Gasteiger partial charge in [0, 0.05) is 0 Å². The average molecular weight is 429 g/mol. The number of aliphatic hydroxyl groups excluding tert-OH is 2. The van der Waals surface area contributed by atoms with Crippen LogP contribution >= 0.6 is 0 Å². The van der Waals surface area contributed by atoms with E-state index in [-0.39, 0.29) is 0 Å². The van der Waals surface area contributed by atoms with Crippen molar-refractivity contribution in [2.24, 2.45) is 28.1 Å². The molecule has 3 rings (SSSR count). The van der Waals surface area contributed by atoms with Gasteiger partial charge in [0.25, 0.3) is 0 Å². The van der Waals surface area contributed by atoms with Crippen LogP contribution in [0.15, 0.2) is 35.5 Å². The van der Waals surface area contributed by atoms with Gasteiger partial charge in [-0.3, -0.25) is 0 Å².